The highest BCUT2D eigenvalue weighted by Gasteiger charge is 2.15. The van der Waals surface area contributed by atoms with Gasteiger partial charge in [0.05, 0.1) is 5.56 Å². The fourth-order valence-corrected chi connectivity index (χ4v) is 2.58. The number of carbonyl (C=O) groups is 1. The molecule has 0 aliphatic carbocycles. The summed E-state index contributed by atoms with van der Waals surface area (Å²) < 4.78 is 5.65. The number of rotatable bonds is 2. The molecule has 0 fully saturated rings. The van der Waals surface area contributed by atoms with E-state index in [1.807, 2.05) is 30.3 Å². The van der Waals surface area contributed by atoms with Crippen LogP contribution < -0.4 is 0 Å². The average molecular weight is 244 g/mol. The third kappa shape index (κ3) is 1.62. The number of carboxylic acids is 1. The number of hydrogen-bond acceptors (Lipinski definition) is 3. The van der Waals surface area contributed by atoms with Crippen LogP contribution >= 0.6 is 11.3 Å². The van der Waals surface area contributed by atoms with Gasteiger partial charge >= 0.3 is 5.97 Å². The van der Waals surface area contributed by atoms with Crippen LogP contribution in [0.1, 0.15) is 10.4 Å². The third-order valence-electron chi connectivity index (χ3n) is 2.58. The van der Waals surface area contributed by atoms with Gasteiger partial charge in [-0.3, -0.25) is 0 Å². The summed E-state index contributed by atoms with van der Waals surface area (Å²) in [6, 6.07) is 9.49. The highest BCUT2D eigenvalue weighted by atomic mass is 32.1. The summed E-state index contributed by atoms with van der Waals surface area (Å²) in [5.74, 6) is -0.327. The summed E-state index contributed by atoms with van der Waals surface area (Å²) in [6.45, 7) is 0. The van der Waals surface area contributed by atoms with E-state index in [1.165, 1.54) is 11.3 Å². The van der Waals surface area contributed by atoms with E-state index in [9.17, 15) is 4.79 Å². The first-order chi connectivity index (χ1) is 8.25. The molecule has 0 amide bonds. The Morgan fingerprint density at radius 2 is 2.06 bits per heavy atom. The van der Waals surface area contributed by atoms with E-state index in [0.717, 1.165) is 11.0 Å². The van der Waals surface area contributed by atoms with Crippen LogP contribution in [0.4, 0.5) is 0 Å². The Labute approximate surface area is 101 Å². The van der Waals surface area contributed by atoms with Crippen LogP contribution in [-0.4, -0.2) is 11.1 Å². The molecule has 3 nitrogen and oxygen atoms in total. The van der Waals surface area contributed by atoms with E-state index in [-0.39, 0.29) is 5.56 Å². The Bertz CT molecular complexity index is 660. The lowest BCUT2D eigenvalue weighted by atomic mass is 10.1. The summed E-state index contributed by atoms with van der Waals surface area (Å²) in [4.78, 5) is 11.0. The number of thiophene rings is 1. The fraction of sp³-hybridized carbons (Fsp3) is 0. The van der Waals surface area contributed by atoms with E-state index in [4.69, 9.17) is 9.52 Å². The molecule has 2 heterocycles. The summed E-state index contributed by atoms with van der Waals surface area (Å²) in [5.41, 5.74) is 1.69. The largest absolute Gasteiger partial charge is 0.478 e. The Kier molecular flexibility index (Phi) is 2.23. The zero-order chi connectivity index (χ0) is 11.8. The van der Waals surface area contributed by atoms with Gasteiger partial charge in [0.1, 0.15) is 11.3 Å². The van der Waals surface area contributed by atoms with Crippen LogP contribution in [0, 0.1) is 0 Å². The molecule has 3 rings (SSSR count). The second kappa shape index (κ2) is 3.75. The van der Waals surface area contributed by atoms with Crippen molar-refractivity contribution in [2.45, 2.75) is 0 Å². The predicted octanol–water partition coefficient (Wildman–Crippen LogP) is 3.86. The Morgan fingerprint density at radius 3 is 2.82 bits per heavy atom. The van der Waals surface area contributed by atoms with E-state index in [1.54, 1.807) is 10.8 Å². The monoisotopic (exact) mass is 244 g/mol. The molecule has 1 N–H and O–H groups in total. The molecular formula is C13H8O3S. The molecule has 0 unspecified atom stereocenters. The number of hydrogen-bond donors (Lipinski definition) is 1. The molecule has 17 heavy (non-hydrogen) atoms. The van der Waals surface area contributed by atoms with Crippen molar-refractivity contribution in [2.75, 3.05) is 0 Å². The Morgan fingerprint density at radius 1 is 1.24 bits per heavy atom. The van der Waals surface area contributed by atoms with E-state index < -0.39 is 5.97 Å². The SMILES string of the molecule is O=C(O)c1cscc1-c1cc2ccccc2o1. The lowest BCUT2D eigenvalue weighted by Gasteiger charge is -1.94. The molecule has 84 valence electrons. The minimum absolute atomic E-state index is 0.286. The van der Waals surface area contributed by atoms with Crippen LogP contribution in [0.2, 0.25) is 0 Å². The maximum Gasteiger partial charge on any atom is 0.337 e. The maximum absolute atomic E-state index is 11.0. The summed E-state index contributed by atoms with van der Waals surface area (Å²) in [5, 5.41) is 13.4. The molecular weight excluding hydrogens is 236 g/mol. The van der Waals surface area contributed by atoms with Gasteiger partial charge in [-0.2, -0.15) is 11.3 Å². The van der Waals surface area contributed by atoms with Crippen LogP contribution in [-0.2, 0) is 0 Å². The molecule has 0 bridgehead atoms. The van der Waals surface area contributed by atoms with Crippen LogP contribution in [0.25, 0.3) is 22.3 Å². The lowest BCUT2D eigenvalue weighted by molar-refractivity contribution is 0.0698. The van der Waals surface area contributed by atoms with Crippen LogP contribution in [0.3, 0.4) is 0 Å². The van der Waals surface area contributed by atoms with Crippen molar-refractivity contribution >= 4 is 28.3 Å². The molecule has 0 saturated heterocycles. The molecule has 0 atom stereocenters. The molecule has 4 heteroatoms. The topological polar surface area (TPSA) is 50.4 Å². The minimum Gasteiger partial charge on any atom is -0.478 e. The van der Waals surface area contributed by atoms with Gasteiger partial charge in [0.15, 0.2) is 0 Å². The first-order valence-corrected chi connectivity index (χ1v) is 5.98. The number of fused-ring (bicyclic) bond motifs is 1. The summed E-state index contributed by atoms with van der Waals surface area (Å²) >= 11 is 1.36. The molecule has 3 aromatic rings. The predicted molar refractivity (Wildman–Crippen MR) is 66.5 cm³/mol. The second-order valence-electron chi connectivity index (χ2n) is 3.65. The first-order valence-electron chi connectivity index (χ1n) is 5.04. The molecule has 1 aromatic carbocycles. The molecule has 0 saturated carbocycles. The summed E-state index contributed by atoms with van der Waals surface area (Å²) in [7, 11) is 0. The zero-order valence-corrected chi connectivity index (χ0v) is 9.53. The number of para-hydroxylation sites is 1. The lowest BCUT2D eigenvalue weighted by Crippen LogP contribution is -1.94. The molecule has 0 aliphatic rings. The molecule has 2 aromatic heterocycles. The Hall–Kier alpha value is -2.07. The molecule has 0 radical (unpaired) electrons. The molecule has 0 spiro atoms. The van der Waals surface area contributed by atoms with Crippen molar-refractivity contribution in [3.05, 3.63) is 46.7 Å². The first kappa shape index (κ1) is 10.1. The van der Waals surface area contributed by atoms with Gasteiger partial charge in [0.25, 0.3) is 0 Å². The second-order valence-corrected chi connectivity index (χ2v) is 4.40. The van der Waals surface area contributed by atoms with Crippen molar-refractivity contribution in [1.82, 2.24) is 0 Å². The molecule has 0 aliphatic heterocycles. The highest BCUT2D eigenvalue weighted by Crippen LogP contribution is 2.32. The van der Waals surface area contributed by atoms with E-state index >= 15 is 0 Å². The van der Waals surface area contributed by atoms with Gasteiger partial charge in [0, 0.05) is 21.7 Å². The smallest absolute Gasteiger partial charge is 0.337 e. The number of furan rings is 1. The van der Waals surface area contributed by atoms with Gasteiger partial charge in [-0.25, -0.2) is 4.79 Å². The number of benzene rings is 1. The van der Waals surface area contributed by atoms with Crippen molar-refractivity contribution in [1.29, 1.82) is 0 Å². The van der Waals surface area contributed by atoms with Crippen molar-refractivity contribution in [2.24, 2.45) is 0 Å². The zero-order valence-electron chi connectivity index (χ0n) is 8.71. The van der Waals surface area contributed by atoms with Crippen LogP contribution in [0.15, 0.2) is 45.5 Å². The van der Waals surface area contributed by atoms with Gasteiger partial charge in [0.2, 0.25) is 0 Å². The van der Waals surface area contributed by atoms with Crippen LogP contribution in [0.5, 0.6) is 0 Å². The standard InChI is InChI=1S/C13H8O3S/c14-13(15)10-7-17-6-9(10)12-5-8-3-1-2-4-11(8)16-12/h1-7H,(H,14,15). The quantitative estimate of drug-likeness (QED) is 0.744. The maximum atomic E-state index is 11.0. The van der Waals surface area contributed by atoms with Gasteiger partial charge in [-0.05, 0) is 12.1 Å². The van der Waals surface area contributed by atoms with Gasteiger partial charge in [-0.1, -0.05) is 18.2 Å². The van der Waals surface area contributed by atoms with E-state index in [0.29, 0.717) is 11.3 Å². The number of aromatic carboxylic acids is 1. The van der Waals surface area contributed by atoms with Crippen molar-refractivity contribution in [3.8, 4) is 11.3 Å². The van der Waals surface area contributed by atoms with Crippen molar-refractivity contribution < 1.29 is 14.3 Å². The third-order valence-corrected chi connectivity index (χ3v) is 3.33. The van der Waals surface area contributed by atoms with Gasteiger partial charge < -0.3 is 9.52 Å². The minimum atomic E-state index is -0.929. The average Bonchev–Trinajstić information content (AvgIpc) is 2.95. The Balaban J connectivity index is 2.20. The highest BCUT2D eigenvalue weighted by molar-refractivity contribution is 7.08. The summed E-state index contributed by atoms with van der Waals surface area (Å²) in [6.07, 6.45) is 0. The fourth-order valence-electron chi connectivity index (χ4n) is 1.77. The number of carboxylic acid groups (broad SMARTS) is 1. The normalized spacial score (nSPS) is 10.8. The van der Waals surface area contributed by atoms with E-state index in [2.05, 4.69) is 0 Å². The van der Waals surface area contributed by atoms with Crippen molar-refractivity contribution in [3.63, 3.8) is 0 Å². The van der Waals surface area contributed by atoms with Gasteiger partial charge in [-0.15, -0.1) is 0 Å².